The number of hydrogen-bond acceptors (Lipinski definition) is 4. The molecule has 1 aromatic carbocycles. The number of hydrogen-bond donors (Lipinski definition) is 2. The number of carbonyl (C=O) groups excluding carboxylic acids is 1. The third-order valence-electron chi connectivity index (χ3n) is 3.19. The van der Waals surface area contributed by atoms with E-state index in [1.54, 1.807) is 13.0 Å². The molecular formula is C15H18FN3O3. The maximum absolute atomic E-state index is 13.9. The summed E-state index contributed by atoms with van der Waals surface area (Å²) in [6.45, 7) is 2.49. The van der Waals surface area contributed by atoms with Crippen molar-refractivity contribution in [1.82, 2.24) is 15.1 Å². The van der Waals surface area contributed by atoms with E-state index in [1.165, 1.54) is 24.1 Å². The molecular weight excluding hydrogens is 289 g/mol. The van der Waals surface area contributed by atoms with E-state index in [0.29, 0.717) is 30.1 Å². The van der Waals surface area contributed by atoms with Gasteiger partial charge in [0, 0.05) is 31.8 Å². The fraction of sp³-hybridized carbons (Fsp3) is 0.333. The summed E-state index contributed by atoms with van der Waals surface area (Å²) in [6, 6.07) is 5.50. The Morgan fingerprint density at radius 2 is 2.23 bits per heavy atom. The van der Waals surface area contributed by atoms with Crippen molar-refractivity contribution < 1.29 is 19.0 Å². The predicted molar refractivity (Wildman–Crippen MR) is 78.0 cm³/mol. The van der Waals surface area contributed by atoms with E-state index >= 15 is 0 Å². The van der Waals surface area contributed by atoms with Crippen LogP contribution in [-0.4, -0.2) is 46.4 Å². The molecule has 2 N–H and O–H groups in total. The second kappa shape index (κ2) is 7.04. The molecule has 2 aromatic rings. The first-order valence-electron chi connectivity index (χ1n) is 6.79. The molecule has 7 heteroatoms. The molecule has 1 heterocycles. The Morgan fingerprint density at radius 3 is 2.82 bits per heavy atom. The Bertz CT molecular complexity index is 657. The van der Waals surface area contributed by atoms with Gasteiger partial charge in [-0.1, -0.05) is 6.07 Å². The zero-order valence-electron chi connectivity index (χ0n) is 12.5. The Morgan fingerprint density at radius 1 is 1.45 bits per heavy atom. The molecule has 0 bridgehead atoms. The van der Waals surface area contributed by atoms with Crippen LogP contribution in [0.5, 0.6) is 5.75 Å². The number of phenolic OH excluding ortho intramolecular Hbond substituents is 1. The van der Waals surface area contributed by atoms with Gasteiger partial charge in [-0.05, 0) is 19.1 Å². The number of aromatic hydroxyl groups is 1. The standard InChI is InChI=1S/C15H18FN3O3/c1-10-7-14(18-17-10)15(21)19(5-6-22-2)9-11-3-4-12(20)8-13(11)16/h3-4,7-8,20H,5-6,9H2,1-2H3,(H,17,18). The molecule has 0 aliphatic rings. The van der Waals surface area contributed by atoms with E-state index < -0.39 is 5.82 Å². The second-order valence-corrected chi connectivity index (χ2v) is 4.92. The number of rotatable bonds is 6. The van der Waals surface area contributed by atoms with Gasteiger partial charge in [0.15, 0.2) is 0 Å². The molecule has 0 saturated heterocycles. The molecule has 0 radical (unpaired) electrons. The normalized spacial score (nSPS) is 10.7. The summed E-state index contributed by atoms with van der Waals surface area (Å²) in [6.07, 6.45) is 0. The summed E-state index contributed by atoms with van der Waals surface area (Å²) in [5.74, 6) is -0.999. The van der Waals surface area contributed by atoms with E-state index in [1.807, 2.05) is 0 Å². The highest BCUT2D eigenvalue weighted by Crippen LogP contribution is 2.17. The average Bonchev–Trinajstić information content (AvgIpc) is 2.91. The first kappa shape index (κ1) is 16.0. The topological polar surface area (TPSA) is 78.5 Å². The van der Waals surface area contributed by atoms with Crippen LogP contribution < -0.4 is 0 Å². The fourth-order valence-electron chi connectivity index (χ4n) is 2.03. The van der Waals surface area contributed by atoms with E-state index in [2.05, 4.69) is 10.2 Å². The summed E-state index contributed by atoms with van der Waals surface area (Å²) in [4.78, 5) is 13.9. The maximum Gasteiger partial charge on any atom is 0.272 e. The van der Waals surface area contributed by atoms with Crippen molar-refractivity contribution in [3.63, 3.8) is 0 Å². The molecule has 0 fully saturated rings. The molecule has 1 amide bonds. The molecule has 118 valence electrons. The van der Waals surface area contributed by atoms with Crippen molar-refractivity contribution in [1.29, 1.82) is 0 Å². The van der Waals surface area contributed by atoms with Crippen LogP contribution in [0.3, 0.4) is 0 Å². The number of amides is 1. The highest BCUT2D eigenvalue weighted by atomic mass is 19.1. The van der Waals surface area contributed by atoms with Gasteiger partial charge in [0.2, 0.25) is 0 Å². The summed E-state index contributed by atoms with van der Waals surface area (Å²) in [7, 11) is 1.53. The molecule has 0 unspecified atom stereocenters. The Hall–Kier alpha value is -2.41. The number of aryl methyl sites for hydroxylation is 1. The highest BCUT2D eigenvalue weighted by Gasteiger charge is 2.19. The number of carbonyl (C=O) groups is 1. The lowest BCUT2D eigenvalue weighted by molar-refractivity contribution is 0.0672. The van der Waals surface area contributed by atoms with Crippen molar-refractivity contribution in [2.75, 3.05) is 20.3 Å². The van der Waals surface area contributed by atoms with Crippen LogP contribution in [-0.2, 0) is 11.3 Å². The third-order valence-corrected chi connectivity index (χ3v) is 3.19. The SMILES string of the molecule is COCCN(Cc1ccc(O)cc1F)C(=O)c1cc(C)n[nH]1. The molecule has 6 nitrogen and oxygen atoms in total. The number of ether oxygens (including phenoxy) is 1. The summed E-state index contributed by atoms with van der Waals surface area (Å²) in [5, 5.41) is 15.8. The van der Waals surface area contributed by atoms with Crippen LogP contribution in [0.2, 0.25) is 0 Å². The minimum absolute atomic E-state index is 0.0758. The number of H-pyrrole nitrogens is 1. The zero-order chi connectivity index (χ0) is 16.1. The van der Waals surface area contributed by atoms with Crippen LogP contribution in [0, 0.1) is 12.7 Å². The molecule has 0 saturated carbocycles. The molecule has 0 spiro atoms. The fourth-order valence-corrected chi connectivity index (χ4v) is 2.03. The lowest BCUT2D eigenvalue weighted by Crippen LogP contribution is -2.34. The molecule has 0 aliphatic heterocycles. The monoisotopic (exact) mass is 307 g/mol. The van der Waals surface area contributed by atoms with Crippen molar-refractivity contribution in [3.05, 3.63) is 47.0 Å². The van der Waals surface area contributed by atoms with Crippen molar-refractivity contribution >= 4 is 5.91 Å². The van der Waals surface area contributed by atoms with Crippen molar-refractivity contribution in [2.24, 2.45) is 0 Å². The second-order valence-electron chi connectivity index (χ2n) is 4.92. The number of nitrogens with zero attached hydrogens (tertiary/aromatic N) is 2. The summed E-state index contributed by atoms with van der Waals surface area (Å²) < 4.78 is 18.9. The van der Waals surface area contributed by atoms with Gasteiger partial charge in [-0.3, -0.25) is 9.89 Å². The van der Waals surface area contributed by atoms with Gasteiger partial charge < -0.3 is 14.7 Å². The zero-order valence-corrected chi connectivity index (χ0v) is 12.5. The molecule has 0 aliphatic carbocycles. The largest absolute Gasteiger partial charge is 0.508 e. The van der Waals surface area contributed by atoms with Crippen molar-refractivity contribution in [2.45, 2.75) is 13.5 Å². The molecule has 22 heavy (non-hydrogen) atoms. The predicted octanol–water partition coefficient (Wildman–Crippen LogP) is 1.85. The van der Waals surface area contributed by atoms with E-state index in [9.17, 15) is 14.3 Å². The Labute approximate surface area is 127 Å². The quantitative estimate of drug-likeness (QED) is 0.853. The lowest BCUT2D eigenvalue weighted by atomic mass is 10.2. The van der Waals surface area contributed by atoms with Crippen LogP contribution in [0.15, 0.2) is 24.3 Å². The third kappa shape index (κ3) is 3.82. The van der Waals surface area contributed by atoms with Gasteiger partial charge in [-0.2, -0.15) is 5.10 Å². The smallest absolute Gasteiger partial charge is 0.272 e. The number of nitrogens with one attached hydrogen (secondary N) is 1. The first-order valence-corrected chi connectivity index (χ1v) is 6.79. The summed E-state index contributed by atoms with van der Waals surface area (Å²) in [5.41, 5.74) is 1.36. The Kier molecular flexibility index (Phi) is 5.11. The van der Waals surface area contributed by atoms with Gasteiger partial charge in [-0.25, -0.2) is 4.39 Å². The number of phenols is 1. The summed E-state index contributed by atoms with van der Waals surface area (Å²) >= 11 is 0. The molecule has 0 atom stereocenters. The minimum Gasteiger partial charge on any atom is -0.508 e. The minimum atomic E-state index is -0.559. The highest BCUT2D eigenvalue weighted by molar-refractivity contribution is 5.92. The van der Waals surface area contributed by atoms with Gasteiger partial charge in [-0.15, -0.1) is 0 Å². The number of aromatic amines is 1. The van der Waals surface area contributed by atoms with Gasteiger partial charge >= 0.3 is 0 Å². The van der Waals surface area contributed by atoms with Crippen LogP contribution >= 0.6 is 0 Å². The number of aromatic nitrogens is 2. The van der Waals surface area contributed by atoms with Crippen LogP contribution in [0.4, 0.5) is 4.39 Å². The maximum atomic E-state index is 13.9. The van der Waals surface area contributed by atoms with Gasteiger partial charge in [0.25, 0.3) is 5.91 Å². The number of methoxy groups -OCH3 is 1. The van der Waals surface area contributed by atoms with E-state index in [4.69, 9.17) is 4.74 Å². The van der Waals surface area contributed by atoms with E-state index in [0.717, 1.165) is 6.07 Å². The van der Waals surface area contributed by atoms with Gasteiger partial charge in [0.05, 0.1) is 12.3 Å². The number of halogens is 1. The van der Waals surface area contributed by atoms with E-state index in [-0.39, 0.29) is 18.2 Å². The lowest BCUT2D eigenvalue weighted by Gasteiger charge is -2.22. The first-order chi connectivity index (χ1) is 10.5. The average molecular weight is 307 g/mol. The molecule has 2 rings (SSSR count). The molecule has 1 aromatic heterocycles. The Balaban J connectivity index is 2.20. The van der Waals surface area contributed by atoms with Crippen LogP contribution in [0.25, 0.3) is 0 Å². The number of benzene rings is 1. The van der Waals surface area contributed by atoms with Crippen LogP contribution in [0.1, 0.15) is 21.7 Å². The van der Waals surface area contributed by atoms with Crippen molar-refractivity contribution in [3.8, 4) is 5.75 Å². The van der Waals surface area contributed by atoms with Gasteiger partial charge in [0.1, 0.15) is 17.3 Å².